The highest BCUT2D eigenvalue weighted by atomic mass is 32.2. The summed E-state index contributed by atoms with van der Waals surface area (Å²) in [6, 6.07) is 16.9. The Labute approximate surface area is 202 Å². The van der Waals surface area contributed by atoms with Crippen LogP contribution in [0.1, 0.15) is 38.1 Å². The van der Waals surface area contributed by atoms with Crippen LogP contribution in [0.3, 0.4) is 0 Å². The van der Waals surface area contributed by atoms with Crippen LogP contribution in [0.25, 0.3) is 5.78 Å². The van der Waals surface area contributed by atoms with Crippen LogP contribution in [0.2, 0.25) is 0 Å². The van der Waals surface area contributed by atoms with Crippen molar-refractivity contribution < 1.29 is 9.53 Å². The Bertz CT molecular complexity index is 1340. The summed E-state index contributed by atoms with van der Waals surface area (Å²) in [5.74, 6) is 1.45. The molecular formula is C25H27N5O3S. The third kappa shape index (κ3) is 5.48. The van der Waals surface area contributed by atoms with Gasteiger partial charge in [0.2, 0.25) is 0 Å². The van der Waals surface area contributed by atoms with Crippen LogP contribution < -0.4 is 15.6 Å². The summed E-state index contributed by atoms with van der Waals surface area (Å²) in [5.41, 5.74) is 2.29. The number of aromatic nitrogens is 4. The van der Waals surface area contributed by atoms with Crippen LogP contribution in [0, 0.1) is 0 Å². The lowest BCUT2D eigenvalue weighted by Gasteiger charge is -2.11. The molecule has 9 heteroatoms. The zero-order valence-corrected chi connectivity index (χ0v) is 20.2. The van der Waals surface area contributed by atoms with Gasteiger partial charge in [-0.05, 0) is 56.2 Å². The molecule has 0 radical (unpaired) electrons. The van der Waals surface area contributed by atoms with E-state index in [0.29, 0.717) is 22.9 Å². The van der Waals surface area contributed by atoms with E-state index in [2.05, 4.69) is 22.2 Å². The molecule has 8 nitrogen and oxygen atoms in total. The van der Waals surface area contributed by atoms with Gasteiger partial charge in [-0.25, -0.2) is 4.98 Å². The van der Waals surface area contributed by atoms with Crippen molar-refractivity contribution in [2.75, 3.05) is 11.9 Å². The Morgan fingerprint density at radius 3 is 2.65 bits per heavy atom. The van der Waals surface area contributed by atoms with Gasteiger partial charge in [-0.1, -0.05) is 25.1 Å². The number of amides is 1. The SMILES string of the molecule is CCc1ccccc1OCC(=O)Nc1ccc(SCc2cc(=O)n3c(ncn3C(C)C)n2)cc1. The molecule has 2 heterocycles. The summed E-state index contributed by atoms with van der Waals surface area (Å²) >= 11 is 1.56. The van der Waals surface area contributed by atoms with Gasteiger partial charge in [0.05, 0.1) is 5.69 Å². The standard InChI is InChI=1S/C25H27N5O3S/c1-4-18-7-5-6-8-22(18)33-14-23(31)27-19-9-11-21(12-10-19)34-15-20-13-24(32)30-25(28-20)26-16-29(30)17(2)3/h5-13,16-17H,4,14-15H2,1-3H3,(H,27,31). The lowest BCUT2D eigenvalue weighted by molar-refractivity contribution is -0.118. The van der Waals surface area contributed by atoms with Crippen molar-refractivity contribution in [3.05, 3.63) is 82.5 Å². The number of ether oxygens (including phenoxy) is 1. The zero-order chi connectivity index (χ0) is 24.1. The van der Waals surface area contributed by atoms with Gasteiger partial charge in [-0.3, -0.25) is 14.3 Å². The number of hydrogen-bond acceptors (Lipinski definition) is 6. The molecule has 0 aliphatic rings. The summed E-state index contributed by atoms with van der Waals surface area (Å²) < 4.78 is 8.92. The molecule has 4 aromatic rings. The van der Waals surface area contributed by atoms with Crippen molar-refractivity contribution in [1.29, 1.82) is 0 Å². The van der Waals surface area contributed by atoms with E-state index in [-0.39, 0.29) is 24.1 Å². The van der Waals surface area contributed by atoms with Gasteiger partial charge in [-0.2, -0.15) is 9.50 Å². The summed E-state index contributed by atoms with van der Waals surface area (Å²) in [4.78, 5) is 34.6. The lowest BCUT2D eigenvalue weighted by atomic mass is 10.1. The highest BCUT2D eigenvalue weighted by Crippen LogP contribution is 2.24. The predicted molar refractivity (Wildman–Crippen MR) is 134 cm³/mol. The maximum atomic E-state index is 12.5. The number of nitrogens with zero attached hydrogens (tertiary/aromatic N) is 4. The number of thioether (sulfide) groups is 1. The largest absolute Gasteiger partial charge is 0.483 e. The van der Waals surface area contributed by atoms with Crippen LogP contribution in [0.5, 0.6) is 5.75 Å². The second kappa shape index (κ2) is 10.6. The number of hydrogen-bond donors (Lipinski definition) is 1. The minimum atomic E-state index is -0.217. The van der Waals surface area contributed by atoms with E-state index < -0.39 is 0 Å². The van der Waals surface area contributed by atoms with Gasteiger partial charge in [-0.15, -0.1) is 11.8 Å². The minimum absolute atomic E-state index is 0.0518. The van der Waals surface area contributed by atoms with Gasteiger partial charge < -0.3 is 10.1 Å². The van der Waals surface area contributed by atoms with Crippen LogP contribution in [0.15, 0.2) is 70.6 Å². The number of para-hydroxylation sites is 1. The first kappa shape index (κ1) is 23.6. The van der Waals surface area contributed by atoms with E-state index in [4.69, 9.17) is 4.74 Å². The molecule has 2 aromatic carbocycles. The Morgan fingerprint density at radius 2 is 1.91 bits per heavy atom. The minimum Gasteiger partial charge on any atom is -0.483 e. The molecule has 0 aliphatic carbocycles. The maximum absolute atomic E-state index is 12.5. The Hall–Kier alpha value is -3.59. The van der Waals surface area contributed by atoms with Crippen molar-refractivity contribution in [2.45, 2.75) is 43.9 Å². The number of aryl methyl sites for hydroxylation is 1. The third-order valence-electron chi connectivity index (χ3n) is 5.22. The van der Waals surface area contributed by atoms with Gasteiger partial charge in [0, 0.05) is 28.4 Å². The Morgan fingerprint density at radius 1 is 1.15 bits per heavy atom. The molecule has 0 saturated heterocycles. The van der Waals surface area contributed by atoms with E-state index in [1.165, 1.54) is 4.52 Å². The average Bonchev–Trinajstić information content (AvgIpc) is 3.27. The van der Waals surface area contributed by atoms with Crippen LogP contribution in [-0.2, 0) is 17.0 Å². The quantitative estimate of drug-likeness (QED) is 0.361. The number of carbonyl (C=O) groups excluding carboxylic acids is 1. The molecule has 0 aliphatic heterocycles. The Kier molecular flexibility index (Phi) is 7.32. The van der Waals surface area contributed by atoms with E-state index >= 15 is 0 Å². The average molecular weight is 478 g/mol. The summed E-state index contributed by atoms with van der Waals surface area (Å²) in [7, 11) is 0. The number of benzene rings is 2. The van der Waals surface area contributed by atoms with Gasteiger partial charge in [0.1, 0.15) is 12.1 Å². The fourth-order valence-corrected chi connectivity index (χ4v) is 4.27. The summed E-state index contributed by atoms with van der Waals surface area (Å²) in [5, 5.41) is 2.85. The van der Waals surface area contributed by atoms with E-state index in [1.807, 2.05) is 62.4 Å². The molecule has 0 atom stereocenters. The third-order valence-corrected chi connectivity index (χ3v) is 6.27. The molecule has 34 heavy (non-hydrogen) atoms. The number of carbonyl (C=O) groups is 1. The lowest BCUT2D eigenvalue weighted by Crippen LogP contribution is -2.22. The fraction of sp³-hybridized carbons (Fsp3) is 0.280. The van der Waals surface area contributed by atoms with Crippen LogP contribution in [-0.4, -0.2) is 31.7 Å². The van der Waals surface area contributed by atoms with Crippen molar-refractivity contribution >= 4 is 29.1 Å². The van der Waals surface area contributed by atoms with E-state index in [1.54, 1.807) is 28.8 Å². The highest BCUT2D eigenvalue weighted by Gasteiger charge is 2.11. The molecule has 0 fully saturated rings. The number of anilines is 1. The van der Waals surface area contributed by atoms with Gasteiger partial charge >= 0.3 is 0 Å². The molecule has 0 spiro atoms. The first-order chi connectivity index (χ1) is 16.4. The number of nitrogens with one attached hydrogen (secondary N) is 1. The van der Waals surface area contributed by atoms with Crippen molar-refractivity contribution in [3.8, 4) is 5.75 Å². The second-order valence-electron chi connectivity index (χ2n) is 8.03. The smallest absolute Gasteiger partial charge is 0.274 e. The second-order valence-corrected chi connectivity index (χ2v) is 9.08. The number of rotatable bonds is 9. The molecule has 176 valence electrons. The van der Waals surface area contributed by atoms with Crippen LogP contribution in [0.4, 0.5) is 5.69 Å². The van der Waals surface area contributed by atoms with Crippen LogP contribution >= 0.6 is 11.8 Å². The molecular weight excluding hydrogens is 450 g/mol. The molecule has 2 aromatic heterocycles. The van der Waals surface area contributed by atoms with E-state index in [9.17, 15) is 9.59 Å². The Balaban J connectivity index is 1.32. The van der Waals surface area contributed by atoms with E-state index in [0.717, 1.165) is 22.6 Å². The summed E-state index contributed by atoms with van der Waals surface area (Å²) in [6.45, 7) is 5.97. The van der Waals surface area contributed by atoms with Crippen molar-refractivity contribution in [1.82, 2.24) is 19.2 Å². The summed E-state index contributed by atoms with van der Waals surface area (Å²) in [6.07, 6.45) is 2.47. The first-order valence-electron chi connectivity index (χ1n) is 11.1. The molecule has 4 rings (SSSR count). The first-order valence-corrected chi connectivity index (χ1v) is 12.1. The zero-order valence-electron chi connectivity index (χ0n) is 19.4. The topological polar surface area (TPSA) is 90.5 Å². The molecule has 1 amide bonds. The normalized spacial score (nSPS) is 11.2. The maximum Gasteiger partial charge on any atom is 0.274 e. The molecule has 0 saturated carbocycles. The van der Waals surface area contributed by atoms with Gasteiger partial charge in [0.15, 0.2) is 6.61 Å². The van der Waals surface area contributed by atoms with Crippen molar-refractivity contribution in [2.24, 2.45) is 0 Å². The molecule has 1 N–H and O–H groups in total. The van der Waals surface area contributed by atoms with Gasteiger partial charge in [0.25, 0.3) is 17.2 Å². The number of fused-ring (bicyclic) bond motifs is 1. The van der Waals surface area contributed by atoms with Crippen molar-refractivity contribution in [3.63, 3.8) is 0 Å². The predicted octanol–water partition coefficient (Wildman–Crippen LogP) is 4.34. The molecule has 0 unspecified atom stereocenters. The molecule has 0 bridgehead atoms. The highest BCUT2D eigenvalue weighted by molar-refractivity contribution is 7.98. The fourth-order valence-electron chi connectivity index (χ4n) is 3.48. The monoisotopic (exact) mass is 477 g/mol.